The van der Waals surface area contributed by atoms with Crippen LogP contribution in [0.2, 0.25) is 0 Å². The van der Waals surface area contributed by atoms with Crippen LogP contribution in [0.15, 0.2) is 58.6 Å². The molecule has 0 spiro atoms. The normalized spacial score (nSPS) is 16.1. The lowest BCUT2D eigenvalue weighted by Gasteiger charge is -2.31. The third kappa shape index (κ3) is 4.10. The molecule has 0 aromatic heterocycles. The number of carbonyl (C=O) groups excluding carboxylic acids is 1. The van der Waals surface area contributed by atoms with Gasteiger partial charge in [0.15, 0.2) is 11.7 Å². The van der Waals surface area contributed by atoms with E-state index in [-0.39, 0.29) is 6.61 Å². The molecule has 0 saturated carbocycles. The number of ether oxygens (including phenoxy) is 1. The first-order valence-electron chi connectivity index (χ1n) is 7.97. The van der Waals surface area contributed by atoms with Crippen molar-refractivity contribution in [2.45, 2.75) is 6.04 Å². The van der Waals surface area contributed by atoms with Crippen LogP contribution in [0.25, 0.3) is 5.70 Å². The van der Waals surface area contributed by atoms with E-state index in [2.05, 4.69) is 26.6 Å². The highest BCUT2D eigenvalue weighted by Gasteiger charge is 2.32. The highest BCUT2D eigenvalue weighted by Crippen LogP contribution is 2.36. The van der Waals surface area contributed by atoms with Crippen molar-refractivity contribution in [3.63, 3.8) is 0 Å². The molecule has 2 aromatic carbocycles. The number of halogens is 1. The van der Waals surface area contributed by atoms with Crippen molar-refractivity contribution >= 4 is 44.9 Å². The van der Waals surface area contributed by atoms with Gasteiger partial charge in [0.25, 0.3) is 0 Å². The number of primary amides is 1. The van der Waals surface area contributed by atoms with Gasteiger partial charge in [0.2, 0.25) is 5.91 Å². The van der Waals surface area contributed by atoms with Gasteiger partial charge in [-0.2, -0.15) is 5.26 Å². The summed E-state index contributed by atoms with van der Waals surface area (Å²) in [5.74, 6) is -0.124. The average molecular weight is 443 g/mol. The lowest BCUT2D eigenvalue weighted by molar-refractivity contribution is -0.114. The largest absolute Gasteiger partial charge is 0.478 e. The first-order chi connectivity index (χ1) is 13.0. The van der Waals surface area contributed by atoms with Gasteiger partial charge < -0.3 is 21.1 Å². The molecular formula is C19H15BrN4O2S. The quantitative estimate of drug-likeness (QED) is 0.615. The van der Waals surface area contributed by atoms with E-state index in [1.165, 1.54) is 0 Å². The van der Waals surface area contributed by atoms with Crippen LogP contribution in [-0.4, -0.2) is 17.6 Å². The van der Waals surface area contributed by atoms with Gasteiger partial charge >= 0.3 is 0 Å². The zero-order valence-corrected chi connectivity index (χ0v) is 16.4. The number of amides is 1. The molecule has 0 bridgehead atoms. The van der Waals surface area contributed by atoms with Crippen LogP contribution in [0.4, 0.5) is 0 Å². The van der Waals surface area contributed by atoms with Crippen molar-refractivity contribution in [2.24, 2.45) is 5.73 Å². The summed E-state index contributed by atoms with van der Waals surface area (Å²) in [6.07, 6.45) is 0. The molecular weight excluding hydrogens is 428 g/mol. The first-order valence-corrected chi connectivity index (χ1v) is 9.17. The summed E-state index contributed by atoms with van der Waals surface area (Å²) in [6.45, 7) is -0.120. The van der Waals surface area contributed by atoms with E-state index in [1.807, 2.05) is 42.5 Å². The fraction of sp³-hybridized carbons (Fsp3) is 0.105. The summed E-state index contributed by atoms with van der Waals surface area (Å²) >= 11 is 8.78. The number of nitrogens with zero attached hydrogens (tertiary/aromatic N) is 1. The highest BCUT2D eigenvalue weighted by molar-refractivity contribution is 9.10. The molecule has 27 heavy (non-hydrogen) atoms. The minimum absolute atomic E-state index is 0.120. The maximum Gasteiger partial charge on any atom is 0.249 e. The highest BCUT2D eigenvalue weighted by atomic mass is 79.9. The molecule has 1 heterocycles. The number of hydrogen-bond donors (Lipinski definition) is 3. The van der Waals surface area contributed by atoms with Crippen LogP contribution in [0, 0.1) is 11.3 Å². The van der Waals surface area contributed by atoms with Crippen LogP contribution in [0.5, 0.6) is 5.75 Å². The zero-order valence-electron chi connectivity index (χ0n) is 14.0. The Balaban J connectivity index is 2.19. The Hall–Kier alpha value is -2.89. The minimum atomic E-state index is -0.627. The molecule has 1 aliphatic heterocycles. The predicted octanol–water partition coefficient (Wildman–Crippen LogP) is 2.77. The van der Waals surface area contributed by atoms with E-state index in [4.69, 9.17) is 28.0 Å². The lowest BCUT2D eigenvalue weighted by atomic mass is 9.92. The second kappa shape index (κ2) is 8.20. The molecule has 0 radical (unpaired) electrons. The maximum absolute atomic E-state index is 12.4. The van der Waals surface area contributed by atoms with E-state index in [0.717, 1.165) is 10.0 Å². The first kappa shape index (κ1) is 18.9. The van der Waals surface area contributed by atoms with E-state index in [0.29, 0.717) is 27.7 Å². The third-order valence-corrected chi connectivity index (χ3v) is 4.69. The molecule has 4 N–H and O–H groups in total. The Morgan fingerprint density at radius 1 is 1.30 bits per heavy atom. The maximum atomic E-state index is 12.4. The number of rotatable bonds is 5. The van der Waals surface area contributed by atoms with Crippen molar-refractivity contribution < 1.29 is 9.53 Å². The Morgan fingerprint density at radius 3 is 2.70 bits per heavy atom. The molecule has 1 atom stereocenters. The van der Waals surface area contributed by atoms with Crippen molar-refractivity contribution in [1.82, 2.24) is 10.6 Å². The van der Waals surface area contributed by atoms with Crippen molar-refractivity contribution in [3.05, 3.63) is 69.7 Å². The second-order valence-corrected chi connectivity index (χ2v) is 7.00. The monoisotopic (exact) mass is 442 g/mol. The van der Waals surface area contributed by atoms with Gasteiger partial charge in [0.05, 0.1) is 17.3 Å². The van der Waals surface area contributed by atoms with Crippen LogP contribution in [0.1, 0.15) is 17.2 Å². The molecule has 0 fully saturated rings. The second-order valence-electron chi connectivity index (χ2n) is 5.68. The molecule has 8 heteroatoms. The fourth-order valence-electron chi connectivity index (χ4n) is 2.88. The van der Waals surface area contributed by atoms with Crippen molar-refractivity contribution in [2.75, 3.05) is 6.61 Å². The zero-order chi connectivity index (χ0) is 19.4. The van der Waals surface area contributed by atoms with Crippen molar-refractivity contribution in [3.8, 4) is 11.8 Å². The Kier molecular flexibility index (Phi) is 5.74. The molecule has 1 amide bonds. The number of nitrogens with two attached hydrogens (primary N) is 1. The van der Waals surface area contributed by atoms with Gasteiger partial charge in [-0.25, -0.2) is 0 Å². The molecule has 6 nitrogen and oxygen atoms in total. The summed E-state index contributed by atoms with van der Waals surface area (Å²) in [7, 11) is 0. The molecule has 0 saturated heterocycles. The van der Waals surface area contributed by atoms with E-state index in [9.17, 15) is 4.79 Å². The standard InChI is InChI=1S/C19H15BrN4O2S/c20-12-6-7-14(26-9-8-21)13(10-12)17-15(18(22)25)16(23-19(27)24-17)11-4-2-1-3-5-11/h1-7,10,17H,9H2,(H2,22,25)(H2,23,24,27)/t17-/m1/s1. The van der Waals surface area contributed by atoms with E-state index >= 15 is 0 Å². The molecule has 3 rings (SSSR count). The predicted molar refractivity (Wildman–Crippen MR) is 109 cm³/mol. The summed E-state index contributed by atoms with van der Waals surface area (Å²) in [5.41, 5.74) is 8.04. The molecule has 0 unspecified atom stereocenters. The summed E-state index contributed by atoms with van der Waals surface area (Å²) in [5, 5.41) is 15.3. The number of thiocarbonyl (C=S) groups is 1. The topological polar surface area (TPSA) is 100 Å². The SMILES string of the molecule is N#CCOc1ccc(Br)cc1[C@H]1NC(=S)NC(c2ccccc2)=C1C(N)=O. The average Bonchev–Trinajstić information content (AvgIpc) is 2.66. The van der Waals surface area contributed by atoms with Crippen LogP contribution < -0.4 is 21.1 Å². The number of benzene rings is 2. The minimum Gasteiger partial charge on any atom is -0.478 e. The van der Waals surface area contributed by atoms with Gasteiger partial charge in [0, 0.05) is 10.0 Å². The lowest BCUT2D eigenvalue weighted by Crippen LogP contribution is -2.46. The third-order valence-electron chi connectivity index (χ3n) is 3.97. The van der Waals surface area contributed by atoms with Crippen LogP contribution in [-0.2, 0) is 4.79 Å². The van der Waals surface area contributed by atoms with E-state index in [1.54, 1.807) is 12.1 Å². The Morgan fingerprint density at radius 2 is 2.04 bits per heavy atom. The number of nitriles is 1. The summed E-state index contributed by atoms with van der Waals surface area (Å²) < 4.78 is 6.33. The summed E-state index contributed by atoms with van der Waals surface area (Å²) in [6, 6.07) is 16.0. The number of carbonyl (C=O) groups is 1. The number of hydrogen-bond acceptors (Lipinski definition) is 4. The fourth-order valence-corrected chi connectivity index (χ4v) is 3.48. The van der Waals surface area contributed by atoms with Crippen molar-refractivity contribution in [1.29, 1.82) is 5.26 Å². The van der Waals surface area contributed by atoms with Crippen LogP contribution >= 0.6 is 28.1 Å². The molecule has 136 valence electrons. The molecule has 1 aliphatic rings. The molecule has 0 aliphatic carbocycles. The van der Waals surface area contributed by atoms with Gasteiger partial charge in [-0.15, -0.1) is 0 Å². The van der Waals surface area contributed by atoms with Gasteiger partial charge in [-0.1, -0.05) is 46.3 Å². The number of nitrogens with one attached hydrogen (secondary N) is 2. The Labute approximate surface area is 170 Å². The summed E-state index contributed by atoms with van der Waals surface area (Å²) in [4.78, 5) is 12.4. The van der Waals surface area contributed by atoms with Gasteiger partial charge in [-0.05, 0) is 36.0 Å². The van der Waals surface area contributed by atoms with E-state index < -0.39 is 11.9 Å². The van der Waals surface area contributed by atoms with Crippen LogP contribution in [0.3, 0.4) is 0 Å². The van der Waals surface area contributed by atoms with Gasteiger partial charge in [-0.3, -0.25) is 4.79 Å². The molecule has 2 aromatic rings. The van der Waals surface area contributed by atoms with Gasteiger partial charge in [0.1, 0.15) is 11.8 Å². The smallest absolute Gasteiger partial charge is 0.249 e. The Bertz CT molecular complexity index is 969.